The molecule has 1 saturated carbocycles. The smallest absolute Gasteiger partial charge is 0.191 e. The number of guanidine groups is 1. The molecular weight excluding hydrogens is 276 g/mol. The second kappa shape index (κ2) is 11.7. The summed E-state index contributed by atoms with van der Waals surface area (Å²) in [4.78, 5) is 6.57. The highest BCUT2D eigenvalue weighted by Gasteiger charge is 2.12. The van der Waals surface area contributed by atoms with Crippen LogP contribution < -0.4 is 10.6 Å². The van der Waals surface area contributed by atoms with Crippen molar-refractivity contribution in [3.05, 3.63) is 0 Å². The number of ether oxygens (including phenoxy) is 1. The van der Waals surface area contributed by atoms with E-state index in [9.17, 15) is 0 Å². The van der Waals surface area contributed by atoms with E-state index in [1.165, 1.54) is 32.1 Å². The highest BCUT2D eigenvalue weighted by molar-refractivity contribution is 5.79. The minimum absolute atomic E-state index is 0.512. The van der Waals surface area contributed by atoms with Gasteiger partial charge in [-0.2, -0.15) is 0 Å². The van der Waals surface area contributed by atoms with Crippen LogP contribution in [0.25, 0.3) is 0 Å². The van der Waals surface area contributed by atoms with Crippen LogP contribution in [0.5, 0.6) is 0 Å². The van der Waals surface area contributed by atoms with E-state index >= 15 is 0 Å². The topological polar surface area (TPSA) is 48.9 Å². The zero-order chi connectivity index (χ0) is 16.2. The quantitative estimate of drug-likeness (QED) is 0.389. The summed E-state index contributed by atoms with van der Waals surface area (Å²) >= 11 is 0. The van der Waals surface area contributed by atoms with Gasteiger partial charge in [0.2, 0.25) is 0 Å². The van der Waals surface area contributed by atoms with Gasteiger partial charge < -0.3 is 20.3 Å². The molecule has 1 aliphatic carbocycles. The molecule has 0 bridgehead atoms. The van der Waals surface area contributed by atoms with Crippen molar-refractivity contribution in [3.8, 4) is 0 Å². The summed E-state index contributed by atoms with van der Waals surface area (Å²) in [6.07, 6.45) is 8.10. The third-order valence-corrected chi connectivity index (χ3v) is 4.38. The summed E-state index contributed by atoms with van der Waals surface area (Å²) in [6, 6.07) is 0.578. The number of likely N-dealkylation sites (N-methyl/N-ethyl adjacent to an activating group) is 1. The van der Waals surface area contributed by atoms with Crippen LogP contribution in [0.3, 0.4) is 0 Å². The molecule has 0 atom stereocenters. The van der Waals surface area contributed by atoms with Gasteiger partial charge in [-0.3, -0.25) is 4.99 Å². The zero-order valence-corrected chi connectivity index (χ0v) is 15.0. The van der Waals surface area contributed by atoms with Gasteiger partial charge in [0.25, 0.3) is 0 Å². The summed E-state index contributed by atoms with van der Waals surface area (Å²) in [5, 5.41) is 6.70. The minimum Gasteiger partial charge on any atom is -0.378 e. The van der Waals surface area contributed by atoms with Gasteiger partial charge in [0.05, 0.1) is 6.10 Å². The van der Waals surface area contributed by atoms with E-state index in [1.807, 2.05) is 7.05 Å². The minimum atomic E-state index is 0.512. The Labute approximate surface area is 136 Å². The first-order valence-corrected chi connectivity index (χ1v) is 8.90. The van der Waals surface area contributed by atoms with Crippen LogP contribution in [0.4, 0.5) is 0 Å². The summed E-state index contributed by atoms with van der Waals surface area (Å²) < 4.78 is 5.93. The van der Waals surface area contributed by atoms with Crippen molar-refractivity contribution in [1.29, 1.82) is 0 Å². The molecule has 130 valence electrons. The standard InChI is InChI=1S/C17H36N4O/c1-15(2)21(4)13-12-20-17(18-3)19-11-8-14-22-16-9-6-5-7-10-16/h15-16H,5-14H2,1-4H3,(H2,18,19,20). The van der Waals surface area contributed by atoms with Crippen LogP contribution in [0.15, 0.2) is 4.99 Å². The Morgan fingerprint density at radius 2 is 1.86 bits per heavy atom. The van der Waals surface area contributed by atoms with Crippen LogP contribution >= 0.6 is 0 Å². The van der Waals surface area contributed by atoms with Gasteiger partial charge in [-0.25, -0.2) is 0 Å². The van der Waals surface area contributed by atoms with Gasteiger partial charge in [-0.05, 0) is 40.2 Å². The fraction of sp³-hybridized carbons (Fsp3) is 0.941. The Morgan fingerprint density at radius 1 is 1.18 bits per heavy atom. The number of nitrogens with one attached hydrogen (secondary N) is 2. The van der Waals surface area contributed by atoms with Crippen molar-refractivity contribution in [3.63, 3.8) is 0 Å². The summed E-state index contributed by atoms with van der Waals surface area (Å²) in [5.41, 5.74) is 0. The Balaban J connectivity index is 2.01. The largest absolute Gasteiger partial charge is 0.378 e. The number of nitrogens with zero attached hydrogens (tertiary/aromatic N) is 2. The SMILES string of the molecule is CN=C(NCCCOC1CCCCC1)NCCN(C)C(C)C. The van der Waals surface area contributed by atoms with Crippen molar-refractivity contribution in [2.24, 2.45) is 4.99 Å². The molecule has 0 aromatic rings. The zero-order valence-electron chi connectivity index (χ0n) is 15.0. The molecule has 0 aromatic carbocycles. The second-order valence-electron chi connectivity index (χ2n) is 6.48. The van der Waals surface area contributed by atoms with E-state index in [0.29, 0.717) is 12.1 Å². The van der Waals surface area contributed by atoms with Crippen LogP contribution in [-0.2, 0) is 4.74 Å². The number of rotatable bonds is 9. The molecule has 0 amide bonds. The fourth-order valence-corrected chi connectivity index (χ4v) is 2.59. The Bertz CT molecular complexity index is 301. The van der Waals surface area contributed by atoms with Crippen molar-refractivity contribution in [2.45, 2.75) is 64.5 Å². The van der Waals surface area contributed by atoms with E-state index in [1.54, 1.807) is 0 Å². The van der Waals surface area contributed by atoms with Crippen LogP contribution in [-0.4, -0.2) is 63.3 Å². The van der Waals surface area contributed by atoms with E-state index < -0.39 is 0 Å². The van der Waals surface area contributed by atoms with E-state index in [0.717, 1.165) is 38.6 Å². The van der Waals surface area contributed by atoms with E-state index in [2.05, 4.69) is 41.4 Å². The first kappa shape index (κ1) is 19.2. The third kappa shape index (κ3) is 8.59. The predicted octanol–water partition coefficient (Wildman–Crippen LogP) is 2.23. The monoisotopic (exact) mass is 312 g/mol. The molecule has 0 radical (unpaired) electrons. The molecule has 5 nitrogen and oxygen atoms in total. The lowest BCUT2D eigenvalue weighted by molar-refractivity contribution is 0.0277. The fourth-order valence-electron chi connectivity index (χ4n) is 2.59. The summed E-state index contributed by atoms with van der Waals surface area (Å²) in [7, 11) is 3.96. The average Bonchev–Trinajstić information content (AvgIpc) is 2.53. The lowest BCUT2D eigenvalue weighted by Crippen LogP contribution is -2.42. The van der Waals surface area contributed by atoms with E-state index in [-0.39, 0.29) is 0 Å². The maximum Gasteiger partial charge on any atom is 0.191 e. The Morgan fingerprint density at radius 3 is 2.50 bits per heavy atom. The molecule has 1 rings (SSSR count). The van der Waals surface area contributed by atoms with Crippen molar-refractivity contribution in [2.75, 3.05) is 40.3 Å². The first-order valence-electron chi connectivity index (χ1n) is 8.90. The lowest BCUT2D eigenvalue weighted by atomic mass is 9.98. The third-order valence-electron chi connectivity index (χ3n) is 4.38. The van der Waals surface area contributed by atoms with Crippen molar-refractivity contribution in [1.82, 2.24) is 15.5 Å². The maximum absolute atomic E-state index is 5.93. The molecule has 0 spiro atoms. The molecule has 0 heterocycles. The molecule has 0 saturated heterocycles. The lowest BCUT2D eigenvalue weighted by Gasteiger charge is -2.22. The molecule has 0 aliphatic heterocycles. The summed E-state index contributed by atoms with van der Waals surface area (Å²) in [5.74, 6) is 0.884. The van der Waals surface area contributed by atoms with Crippen LogP contribution in [0.1, 0.15) is 52.4 Å². The Hall–Kier alpha value is -0.810. The van der Waals surface area contributed by atoms with Gasteiger partial charge in [0.15, 0.2) is 5.96 Å². The normalized spacial score (nSPS) is 17.3. The van der Waals surface area contributed by atoms with Crippen molar-refractivity contribution < 1.29 is 4.74 Å². The second-order valence-corrected chi connectivity index (χ2v) is 6.48. The molecule has 5 heteroatoms. The maximum atomic E-state index is 5.93. The Kier molecular flexibility index (Phi) is 10.2. The number of hydrogen-bond acceptors (Lipinski definition) is 3. The van der Waals surface area contributed by atoms with Crippen molar-refractivity contribution >= 4 is 5.96 Å². The molecule has 1 fully saturated rings. The molecule has 22 heavy (non-hydrogen) atoms. The van der Waals surface area contributed by atoms with Crippen LogP contribution in [0, 0.1) is 0 Å². The molecule has 0 unspecified atom stereocenters. The number of hydrogen-bond donors (Lipinski definition) is 2. The summed E-state index contributed by atoms with van der Waals surface area (Å²) in [6.45, 7) is 8.10. The highest BCUT2D eigenvalue weighted by atomic mass is 16.5. The highest BCUT2D eigenvalue weighted by Crippen LogP contribution is 2.20. The van der Waals surface area contributed by atoms with Crippen LogP contribution in [0.2, 0.25) is 0 Å². The predicted molar refractivity (Wildman–Crippen MR) is 94.6 cm³/mol. The van der Waals surface area contributed by atoms with Gasteiger partial charge in [0, 0.05) is 39.3 Å². The van der Waals surface area contributed by atoms with Gasteiger partial charge in [-0.1, -0.05) is 19.3 Å². The number of aliphatic imine (C=N–C) groups is 1. The molecule has 1 aliphatic rings. The average molecular weight is 313 g/mol. The van der Waals surface area contributed by atoms with Gasteiger partial charge in [-0.15, -0.1) is 0 Å². The molecule has 0 aromatic heterocycles. The molecular formula is C17H36N4O. The van der Waals surface area contributed by atoms with Gasteiger partial charge >= 0.3 is 0 Å². The molecule has 2 N–H and O–H groups in total. The van der Waals surface area contributed by atoms with Gasteiger partial charge in [0.1, 0.15) is 0 Å². The first-order chi connectivity index (χ1) is 10.6. The van der Waals surface area contributed by atoms with E-state index in [4.69, 9.17) is 4.74 Å².